The maximum Gasteiger partial charge on any atom is 0.274 e. The lowest BCUT2D eigenvalue weighted by Gasteiger charge is -2.39. The summed E-state index contributed by atoms with van der Waals surface area (Å²) in [4.78, 5) is 22.0. The molecule has 1 saturated carbocycles. The van der Waals surface area contributed by atoms with Crippen molar-refractivity contribution in [1.29, 1.82) is 0 Å². The van der Waals surface area contributed by atoms with Gasteiger partial charge in [0.05, 0.1) is 24.7 Å². The van der Waals surface area contributed by atoms with Crippen LogP contribution in [0, 0.1) is 0 Å². The van der Waals surface area contributed by atoms with Crippen molar-refractivity contribution in [2.45, 2.75) is 18.4 Å². The zero-order valence-corrected chi connectivity index (χ0v) is 17.3. The monoisotopic (exact) mass is 403 g/mol. The van der Waals surface area contributed by atoms with E-state index in [4.69, 9.17) is 9.84 Å². The lowest BCUT2D eigenvalue weighted by Crippen LogP contribution is -2.54. The predicted molar refractivity (Wildman–Crippen MR) is 114 cm³/mol. The second-order valence-electron chi connectivity index (χ2n) is 8.12. The van der Waals surface area contributed by atoms with Gasteiger partial charge in [-0.2, -0.15) is 5.10 Å². The first kappa shape index (κ1) is 18.8. The highest BCUT2D eigenvalue weighted by molar-refractivity contribution is 5.94. The highest BCUT2D eigenvalue weighted by Gasteiger charge is 2.50. The van der Waals surface area contributed by atoms with Gasteiger partial charge in [-0.25, -0.2) is 9.67 Å². The smallest absolute Gasteiger partial charge is 0.274 e. The van der Waals surface area contributed by atoms with E-state index in [2.05, 4.69) is 16.9 Å². The first-order valence-electron chi connectivity index (χ1n) is 10.3. The molecule has 1 aliphatic carbocycles. The Morgan fingerprint density at radius 1 is 1.10 bits per heavy atom. The minimum Gasteiger partial charge on any atom is -0.481 e. The first-order valence-corrected chi connectivity index (χ1v) is 10.3. The molecule has 30 heavy (non-hydrogen) atoms. The molecule has 1 spiro atoms. The molecule has 0 unspecified atom stereocenters. The van der Waals surface area contributed by atoms with Gasteiger partial charge in [0.15, 0.2) is 5.69 Å². The topological polar surface area (TPSA) is 63.5 Å². The number of carbonyl (C=O) groups excluding carboxylic acids is 1. The maximum atomic E-state index is 13.3. The van der Waals surface area contributed by atoms with Crippen molar-refractivity contribution in [1.82, 2.24) is 24.6 Å². The highest BCUT2D eigenvalue weighted by Crippen LogP contribution is 2.43. The normalized spacial score (nSPS) is 17.9. The molecule has 1 aliphatic heterocycles. The molecule has 7 heteroatoms. The molecular weight excluding hydrogens is 378 g/mol. The van der Waals surface area contributed by atoms with Crippen LogP contribution in [0.4, 0.5) is 0 Å². The van der Waals surface area contributed by atoms with Gasteiger partial charge in [0.2, 0.25) is 5.88 Å². The summed E-state index contributed by atoms with van der Waals surface area (Å²) in [5.41, 5.74) is 3.28. The van der Waals surface area contributed by atoms with Crippen LogP contribution in [0.1, 0.15) is 23.3 Å². The van der Waals surface area contributed by atoms with Gasteiger partial charge in [-0.1, -0.05) is 30.3 Å². The Balaban J connectivity index is 1.51. The molecule has 0 N–H and O–H groups in total. The first-order chi connectivity index (χ1) is 14.6. The molecule has 1 amide bonds. The van der Waals surface area contributed by atoms with Crippen molar-refractivity contribution in [2.24, 2.45) is 0 Å². The van der Waals surface area contributed by atoms with Crippen LogP contribution in [0.15, 0.2) is 54.7 Å². The van der Waals surface area contributed by atoms with Crippen LogP contribution < -0.4 is 4.74 Å². The Labute approximate surface area is 175 Å². The van der Waals surface area contributed by atoms with Gasteiger partial charge in [0, 0.05) is 36.8 Å². The minimum atomic E-state index is -0.00761. The van der Waals surface area contributed by atoms with Gasteiger partial charge in [-0.3, -0.25) is 9.69 Å². The summed E-state index contributed by atoms with van der Waals surface area (Å²) in [6.45, 7) is 2.41. The zero-order valence-electron chi connectivity index (χ0n) is 17.3. The van der Waals surface area contributed by atoms with Crippen molar-refractivity contribution in [2.75, 3.05) is 33.8 Å². The number of carbonyl (C=O) groups is 1. The number of nitrogens with zero attached hydrogens (tertiary/aromatic N) is 5. The van der Waals surface area contributed by atoms with Crippen molar-refractivity contribution in [3.8, 4) is 22.8 Å². The number of amides is 1. The fourth-order valence-electron chi connectivity index (χ4n) is 4.20. The highest BCUT2D eigenvalue weighted by atomic mass is 16.5. The number of methoxy groups -OCH3 is 1. The van der Waals surface area contributed by atoms with E-state index in [1.807, 2.05) is 47.4 Å². The van der Waals surface area contributed by atoms with Gasteiger partial charge in [-0.15, -0.1) is 0 Å². The van der Waals surface area contributed by atoms with E-state index in [0.29, 0.717) is 11.6 Å². The standard InChI is InChI=1S/C23H25N5O2/c1-26-12-13-27(16-23(26)10-11-23)22(29)19-14-20(17-6-4-3-5-7-17)28(25-19)18-8-9-21(30-2)24-15-18/h3-9,14-15H,10-13,16H2,1-2H3. The predicted octanol–water partition coefficient (Wildman–Crippen LogP) is 2.86. The molecule has 2 fully saturated rings. The quantitative estimate of drug-likeness (QED) is 0.670. The van der Waals surface area contributed by atoms with E-state index < -0.39 is 0 Å². The molecule has 3 heterocycles. The molecular formula is C23H25N5O2. The van der Waals surface area contributed by atoms with Gasteiger partial charge >= 0.3 is 0 Å². The van der Waals surface area contributed by atoms with Crippen molar-refractivity contribution in [3.05, 3.63) is 60.4 Å². The number of hydrogen-bond donors (Lipinski definition) is 0. The van der Waals surface area contributed by atoms with Crippen LogP contribution in [-0.2, 0) is 0 Å². The lowest BCUT2D eigenvalue weighted by molar-refractivity contribution is 0.0492. The maximum absolute atomic E-state index is 13.3. The van der Waals surface area contributed by atoms with E-state index in [0.717, 1.165) is 49.4 Å². The molecule has 0 bridgehead atoms. The van der Waals surface area contributed by atoms with Crippen molar-refractivity contribution >= 4 is 5.91 Å². The SMILES string of the molecule is COc1ccc(-n2nc(C(=O)N3CCN(C)C4(CC4)C3)cc2-c2ccccc2)cn1. The summed E-state index contributed by atoms with van der Waals surface area (Å²) in [5.74, 6) is 0.530. The zero-order chi connectivity index (χ0) is 20.7. The molecule has 2 aliphatic rings. The van der Waals surface area contributed by atoms with E-state index in [-0.39, 0.29) is 11.4 Å². The van der Waals surface area contributed by atoms with Crippen molar-refractivity contribution in [3.63, 3.8) is 0 Å². The molecule has 3 aromatic rings. The Bertz CT molecular complexity index is 1060. The number of benzene rings is 1. The fourth-order valence-corrected chi connectivity index (χ4v) is 4.20. The third-order valence-electron chi connectivity index (χ3n) is 6.29. The van der Waals surface area contributed by atoms with E-state index in [9.17, 15) is 4.79 Å². The molecule has 7 nitrogen and oxygen atoms in total. The molecule has 154 valence electrons. The molecule has 0 atom stereocenters. The summed E-state index contributed by atoms with van der Waals surface area (Å²) in [6.07, 6.45) is 4.03. The van der Waals surface area contributed by atoms with Gasteiger partial charge in [0.25, 0.3) is 5.91 Å². The van der Waals surface area contributed by atoms with Gasteiger partial charge in [-0.05, 0) is 32.0 Å². The number of rotatable bonds is 4. The summed E-state index contributed by atoms with van der Waals surface area (Å²) in [6, 6.07) is 15.6. The van der Waals surface area contributed by atoms with Crippen LogP contribution >= 0.6 is 0 Å². The van der Waals surface area contributed by atoms with E-state index in [1.54, 1.807) is 24.1 Å². The summed E-state index contributed by atoms with van der Waals surface area (Å²) in [5, 5.41) is 4.71. The van der Waals surface area contributed by atoms with E-state index in [1.165, 1.54) is 0 Å². The molecule has 2 aromatic heterocycles. The van der Waals surface area contributed by atoms with Crippen LogP contribution in [0.2, 0.25) is 0 Å². The number of aromatic nitrogens is 3. The van der Waals surface area contributed by atoms with E-state index >= 15 is 0 Å². The Hall–Kier alpha value is -3.19. The van der Waals surface area contributed by atoms with Crippen LogP contribution in [0.5, 0.6) is 5.88 Å². The minimum absolute atomic E-state index is 0.00761. The van der Waals surface area contributed by atoms with Crippen LogP contribution in [-0.4, -0.2) is 69.8 Å². The molecule has 1 aromatic carbocycles. The van der Waals surface area contributed by atoms with Crippen molar-refractivity contribution < 1.29 is 9.53 Å². The van der Waals surface area contributed by atoms with Gasteiger partial charge < -0.3 is 9.64 Å². The average Bonchev–Trinajstić information content (AvgIpc) is 3.43. The number of pyridine rings is 1. The average molecular weight is 403 g/mol. The number of ether oxygens (including phenoxy) is 1. The summed E-state index contributed by atoms with van der Waals surface area (Å²) < 4.78 is 6.96. The number of hydrogen-bond acceptors (Lipinski definition) is 5. The summed E-state index contributed by atoms with van der Waals surface area (Å²) >= 11 is 0. The Kier molecular flexibility index (Phi) is 4.55. The molecule has 1 saturated heterocycles. The molecule has 5 rings (SSSR count). The lowest BCUT2D eigenvalue weighted by atomic mass is 10.1. The number of piperazine rings is 1. The Morgan fingerprint density at radius 2 is 1.90 bits per heavy atom. The van der Waals surface area contributed by atoms with Gasteiger partial charge in [0.1, 0.15) is 0 Å². The fraction of sp³-hybridized carbons (Fsp3) is 0.348. The van der Waals surface area contributed by atoms with Crippen LogP contribution in [0.3, 0.4) is 0 Å². The summed E-state index contributed by atoms with van der Waals surface area (Å²) in [7, 11) is 3.75. The largest absolute Gasteiger partial charge is 0.481 e. The molecule has 0 radical (unpaired) electrons. The Morgan fingerprint density at radius 3 is 2.57 bits per heavy atom. The second kappa shape index (κ2) is 7.25. The van der Waals surface area contributed by atoms with Crippen LogP contribution in [0.25, 0.3) is 16.9 Å². The number of likely N-dealkylation sites (N-methyl/N-ethyl adjacent to an activating group) is 1. The third-order valence-corrected chi connectivity index (χ3v) is 6.29. The third kappa shape index (κ3) is 3.25. The second-order valence-corrected chi connectivity index (χ2v) is 8.12.